The molecule has 0 amide bonds. The highest BCUT2D eigenvalue weighted by Crippen LogP contribution is 2.24. The van der Waals surface area contributed by atoms with Gasteiger partial charge in [-0.1, -0.05) is 30.3 Å². The Morgan fingerprint density at radius 3 is 2.68 bits per heavy atom. The molecule has 0 spiro atoms. The summed E-state index contributed by atoms with van der Waals surface area (Å²) in [5.41, 5.74) is 2.03. The number of rotatable bonds is 5. The summed E-state index contributed by atoms with van der Waals surface area (Å²) >= 11 is 0. The second-order valence-corrected chi connectivity index (χ2v) is 4.47. The van der Waals surface area contributed by atoms with Crippen molar-refractivity contribution in [3.63, 3.8) is 0 Å². The van der Waals surface area contributed by atoms with E-state index in [1.165, 1.54) is 6.07 Å². The SMILES string of the molecule is COc1ccccc1[C@H](C)NCc1cccc(F)c1. The summed E-state index contributed by atoms with van der Waals surface area (Å²) < 4.78 is 18.4. The number of para-hydroxylation sites is 1. The minimum Gasteiger partial charge on any atom is -0.496 e. The molecule has 2 aromatic rings. The van der Waals surface area contributed by atoms with Crippen LogP contribution in [-0.4, -0.2) is 7.11 Å². The van der Waals surface area contributed by atoms with Crippen molar-refractivity contribution >= 4 is 0 Å². The van der Waals surface area contributed by atoms with E-state index in [1.807, 2.05) is 30.3 Å². The third-order valence-corrected chi connectivity index (χ3v) is 3.11. The highest BCUT2D eigenvalue weighted by atomic mass is 19.1. The fourth-order valence-corrected chi connectivity index (χ4v) is 2.05. The Hall–Kier alpha value is -1.87. The van der Waals surface area contributed by atoms with Crippen molar-refractivity contribution in [2.45, 2.75) is 19.5 Å². The van der Waals surface area contributed by atoms with Crippen LogP contribution in [0.2, 0.25) is 0 Å². The van der Waals surface area contributed by atoms with Gasteiger partial charge in [0.1, 0.15) is 11.6 Å². The summed E-state index contributed by atoms with van der Waals surface area (Å²) in [5.74, 6) is 0.658. The monoisotopic (exact) mass is 259 g/mol. The molecule has 2 aromatic carbocycles. The molecule has 0 fully saturated rings. The number of nitrogens with one attached hydrogen (secondary N) is 1. The van der Waals surface area contributed by atoms with E-state index in [9.17, 15) is 4.39 Å². The first-order chi connectivity index (χ1) is 9.20. The molecule has 0 radical (unpaired) electrons. The van der Waals surface area contributed by atoms with E-state index in [-0.39, 0.29) is 11.9 Å². The van der Waals surface area contributed by atoms with Crippen LogP contribution >= 0.6 is 0 Å². The Kier molecular flexibility index (Phi) is 4.53. The number of methoxy groups -OCH3 is 1. The first-order valence-corrected chi connectivity index (χ1v) is 6.31. The third kappa shape index (κ3) is 3.55. The van der Waals surface area contributed by atoms with Crippen molar-refractivity contribution in [2.24, 2.45) is 0 Å². The zero-order valence-corrected chi connectivity index (χ0v) is 11.2. The van der Waals surface area contributed by atoms with Crippen LogP contribution in [0, 0.1) is 5.82 Å². The van der Waals surface area contributed by atoms with Crippen LogP contribution in [0.25, 0.3) is 0 Å². The summed E-state index contributed by atoms with van der Waals surface area (Å²) in [6, 6.07) is 14.7. The predicted molar refractivity (Wildman–Crippen MR) is 74.6 cm³/mol. The van der Waals surface area contributed by atoms with Gasteiger partial charge in [0.15, 0.2) is 0 Å². The molecule has 100 valence electrons. The van der Waals surface area contributed by atoms with Crippen LogP contribution in [0.1, 0.15) is 24.1 Å². The summed E-state index contributed by atoms with van der Waals surface area (Å²) in [7, 11) is 1.66. The maximum absolute atomic E-state index is 13.1. The van der Waals surface area contributed by atoms with Crippen LogP contribution in [0.5, 0.6) is 5.75 Å². The number of halogens is 1. The molecule has 1 N–H and O–H groups in total. The smallest absolute Gasteiger partial charge is 0.123 e. The maximum atomic E-state index is 13.1. The molecule has 0 aromatic heterocycles. The topological polar surface area (TPSA) is 21.3 Å². The maximum Gasteiger partial charge on any atom is 0.123 e. The fraction of sp³-hybridized carbons (Fsp3) is 0.250. The van der Waals surface area contributed by atoms with Crippen molar-refractivity contribution in [3.8, 4) is 5.75 Å². The predicted octanol–water partition coefficient (Wildman–Crippen LogP) is 3.69. The summed E-state index contributed by atoms with van der Waals surface area (Å²) in [6.45, 7) is 2.69. The molecule has 19 heavy (non-hydrogen) atoms. The average Bonchev–Trinajstić information content (AvgIpc) is 2.45. The number of ether oxygens (including phenoxy) is 1. The molecule has 0 saturated heterocycles. The molecule has 2 nitrogen and oxygen atoms in total. The Morgan fingerprint density at radius 1 is 1.16 bits per heavy atom. The second kappa shape index (κ2) is 6.34. The largest absolute Gasteiger partial charge is 0.496 e. The molecule has 1 atom stereocenters. The fourth-order valence-electron chi connectivity index (χ4n) is 2.05. The minimum atomic E-state index is -0.204. The standard InChI is InChI=1S/C16H18FNO/c1-12(15-8-3-4-9-16(15)19-2)18-11-13-6-5-7-14(17)10-13/h3-10,12,18H,11H2,1-2H3/t12-/m0/s1. The Bertz CT molecular complexity index is 542. The summed E-state index contributed by atoms with van der Waals surface area (Å²) in [4.78, 5) is 0. The van der Waals surface area contributed by atoms with Gasteiger partial charge in [-0.15, -0.1) is 0 Å². The van der Waals surface area contributed by atoms with Crippen molar-refractivity contribution < 1.29 is 9.13 Å². The van der Waals surface area contributed by atoms with E-state index in [2.05, 4.69) is 12.2 Å². The minimum absolute atomic E-state index is 0.138. The lowest BCUT2D eigenvalue weighted by Crippen LogP contribution is -2.18. The molecule has 2 rings (SSSR count). The number of benzene rings is 2. The van der Waals surface area contributed by atoms with Gasteiger partial charge in [0.25, 0.3) is 0 Å². The number of hydrogen-bond donors (Lipinski definition) is 1. The van der Waals surface area contributed by atoms with Gasteiger partial charge in [-0.05, 0) is 30.7 Å². The molecule has 3 heteroatoms. The van der Waals surface area contributed by atoms with Gasteiger partial charge in [0, 0.05) is 18.2 Å². The van der Waals surface area contributed by atoms with Crippen LogP contribution in [0.3, 0.4) is 0 Å². The van der Waals surface area contributed by atoms with Crippen LogP contribution in [-0.2, 0) is 6.54 Å². The molecule has 0 aliphatic heterocycles. The van der Waals surface area contributed by atoms with Gasteiger partial charge in [-0.25, -0.2) is 4.39 Å². The highest BCUT2D eigenvalue weighted by Gasteiger charge is 2.10. The lowest BCUT2D eigenvalue weighted by atomic mass is 10.1. The van der Waals surface area contributed by atoms with E-state index >= 15 is 0 Å². The average molecular weight is 259 g/mol. The molecule has 0 saturated carbocycles. The number of hydrogen-bond acceptors (Lipinski definition) is 2. The molecule has 0 heterocycles. The molecule has 0 bridgehead atoms. The summed E-state index contributed by atoms with van der Waals surface area (Å²) in [6.07, 6.45) is 0. The zero-order valence-electron chi connectivity index (χ0n) is 11.2. The Balaban J connectivity index is 2.03. The van der Waals surface area contributed by atoms with E-state index in [1.54, 1.807) is 19.2 Å². The lowest BCUT2D eigenvalue weighted by molar-refractivity contribution is 0.401. The van der Waals surface area contributed by atoms with E-state index < -0.39 is 0 Å². The summed E-state index contributed by atoms with van der Waals surface area (Å²) in [5, 5.41) is 3.37. The lowest BCUT2D eigenvalue weighted by Gasteiger charge is -2.17. The van der Waals surface area contributed by atoms with Gasteiger partial charge < -0.3 is 10.1 Å². The van der Waals surface area contributed by atoms with Crippen LogP contribution in [0.4, 0.5) is 4.39 Å². The Morgan fingerprint density at radius 2 is 1.95 bits per heavy atom. The van der Waals surface area contributed by atoms with E-state index in [4.69, 9.17) is 4.74 Å². The van der Waals surface area contributed by atoms with Gasteiger partial charge >= 0.3 is 0 Å². The molecule has 0 aliphatic rings. The zero-order chi connectivity index (χ0) is 13.7. The van der Waals surface area contributed by atoms with Crippen molar-refractivity contribution in [1.29, 1.82) is 0 Å². The molecule has 0 unspecified atom stereocenters. The van der Waals surface area contributed by atoms with Gasteiger partial charge in [0.2, 0.25) is 0 Å². The normalized spacial score (nSPS) is 12.2. The molecule has 0 aliphatic carbocycles. The second-order valence-electron chi connectivity index (χ2n) is 4.47. The van der Waals surface area contributed by atoms with Gasteiger partial charge in [0.05, 0.1) is 7.11 Å². The van der Waals surface area contributed by atoms with Crippen LogP contribution in [0.15, 0.2) is 48.5 Å². The van der Waals surface area contributed by atoms with Gasteiger partial charge in [-0.3, -0.25) is 0 Å². The quantitative estimate of drug-likeness (QED) is 0.884. The molecular weight excluding hydrogens is 241 g/mol. The van der Waals surface area contributed by atoms with Crippen molar-refractivity contribution in [1.82, 2.24) is 5.32 Å². The van der Waals surface area contributed by atoms with Gasteiger partial charge in [-0.2, -0.15) is 0 Å². The van der Waals surface area contributed by atoms with Crippen LogP contribution < -0.4 is 10.1 Å². The third-order valence-electron chi connectivity index (χ3n) is 3.11. The highest BCUT2D eigenvalue weighted by molar-refractivity contribution is 5.35. The van der Waals surface area contributed by atoms with Crippen molar-refractivity contribution in [3.05, 3.63) is 65.5 Å². The first-order valence-electron chi connectivity index (χ1n) is 6.31. The molecular formula is C16H18FNO. The Labute approximate surface area is 113 Å². The van der Waals surface area contributed by atoms with E-state index in [0.717, 1.165) is 16.9 Å². The van der Waals surface area contributed by atoms with E-state index in [0.29, 0.717) is 6.54 Å². The first kappa shape index (κ1) is 13.6. The van der Waals surface area contributed by atoms with Crippen molar-refractivity contribution in [2.75, 3.05) is 7.11 Å².